The Kier molecular flexibility index (Phi) is 4.95. The number of aliphatic hydroxyl groups excluding tert-OH is 1. The molecule has 1 nitrogen and oxygen atoms in total. The molecule has 17 heavy (non-hydrogen) atoms. The maximum atomic E-state index is 9.13. The first kappa shape index (κ1) is 13.4. The highest BCUT2D eigenvalue weighted by Crippen LogP contribution is 2.37. The summed E-state index contributed by atoms with van der Waals surface area (Å²) in [6, 6.07) is 6.27. The smallest absolute Gasteiger partial charge is 0.0692 e. The van der Waals surface area contributed by atoms with Gasteiger partial charge in [0.1, 0.15) is 0 Å². The van der Waals surface area contributed by atoms with Crippen molar-refractivity contribution in [1.82, 2.24) is 0 Å². The summed E-state index contributed by atoms with van der Waals surface area (Å²) < 4.78 is 1.02. The van der Waals surface area contributed by atoms with Crippen LogP contribution in [0.1, 0.15) is 38.2 Å². The molecule has 0 amide bonds. The molecular weight excluding hydrogens is 296 g/mol. The molecular formula is C14H19BrOS. The molecule has 3 heteroatoms. The zero-order valence-electron chi connectivity index (χ0n) is 10.2. The number of hydrogen-bond acceptors (Lipinski definition) is 2. The minimum Gasteiger partial charge on any atom is -0.392 e. The second kappa shape index (κ2) is 6.26. The molecule has 1 N–H and O–H groups in total. The van der Waals surface area contributed by atoms with Crippen molar-refractivity contribution in [2.45, 2.75) is 49.4 Å². The van der Waals surface area contributed by atoms with Gasteiger partial charge in [0.25, 0.3) is 0 Å². The van der Waals surface area contributed by atoms with E-state index in [4.69, 9.17) is 5.11 Å². The fourth-order valence-corrected chi connectivity index (χ4v) is 4.49. The van der Waals surface area contributed by atoms with Gasteiger partial charge in [0.05, 0.1) is 6.61 Å². The fraction of sp³-hybridized carbons (Fsp3) is 0.571. The maximum absolute atomic E-state index is 9.13. The van der Waals surface area contributed by atoms with E-state index in [1.54, 1.807) is 0 Å². The highest BCUT2D eigenvalue weighted by atomic mass is 79.9. The Labute approximate surface area is 116 Å². The molecule has 0 saturated heterocycles. The van der Waals surface area contributed by atoms with Crippen molar-refractivity contribution in [3.05, 3.63) is 28.2 Å². The van der Waals surface area contributed by atoms with E-state index in [1.165, 1.54) is 30.6 Å². The van der Waals surface area contributed by atoms with Gasteiger partial charge in [-0.05, 0) is 36.5 Å². The fourth-order valence-electron chi connectivity index (χ4n) is 2.41. The molecule has 2 unspecified atom stereocenters. The van der Waals surface area contributed by atoms with Crippen molar-refractivity contribution in [3.8, 4) is 0 Å². The zero-order valence-corrected chi connectivity index (χ0v) is 12.6. The van der Waals surface area contributed by atoms with Gasteiger partial charge >= 0.3 is 0 Å². The first-order chi connectivity index (χ1) is 8.19. The van der Waals surface area contributed by atoms with Crippen molar-refractivity contribution >= 4 is 27.7 Å². The third-order valence-electron chi connectivity index (χ3n) is 3.39. The molecule has 1 saturated carbocycles. The van der Waals surface area contributed by atoms with Crippen LogP contribution in [0.15, 0.2) is 27.6 Å². The van der Waals surface area contributed by atoms with E-state index in [-0.39, 0.29) is 6.61 Å². The van der Waals surface area contributed by atoms with Crippen LogP contribution in [0.2, 0.25) is 0 Å². The lowest BCUT2D eigenvalue weighted by Gasteiger charge is -2.26. The molecule has 1 aromatic rings. The Hall–Kier alpha value is 0.01000. The van der Waals surface area contributed by atoms with Crippen LogP contribution in [-0.4, -0.2) is 10.4 Å². The number of thioether (sulfide) groups is 1. The van der Waals surface area contributed by atoms with E-state index in [2.05, 4.69) is 35.0 Å². The predicted octanol–water partition coefficient (Wildman–Crippen LogP) is 4.61. The normalized spacial score (nSPS) is 24.9. The Morgan fingerprint density at radius 2 is 2.24 bits per heavy atom. The molecule has 2 atom stereocenters. The van der Waals surface area contributed by atoms with E-state index >= 15 is 0 Å². The van der Waals surface area contributed by atoms with Gasteiger partial charge in [0.15, 0.2) is 0 Å². The average Bonchev–Trinajstić information content (AvgIpc) is 2.29. The minimum absolute atomic E-state index is 0.103. The van der Waals surface area contributed by atoms with Crippen LogP contribution in [0.3, 0.4) is 0 Å². The predicted molar refractivity (Wildman–Crippen MR) is 77.3 cm³/mol. The summed E-state index contributed by atoms with van der Waals surface area (Å²) in [5.41, 5.74) is 0.964. The van der Waals surface area contributed by atoms with Gasteiger partial charge in [0, 0.05) is 14.6 Å². The summed E-state index contributed by atoms with van der Waals surface area (Å²) in [6.45, 7) is 2.46. The van der Waals surface area contributed by atoms with Gasteiger partial charge in [-0.15, -0.1) is 11.8 Å². The van der Waals surface area contributed by atoms with E-state index in [1.807, 2.05) is 17.8 Å². The largest absolute Gasteiger partial charge is 0.392 e. The molecule has 0 spiro atoms. The van der Waals surface area contributed by atoms with Crippen molar-refractivity contribution in [1.29, 1.82) is 0 Å². The van der Waals surface area contributed by atoms with Gasteiger partial charge < -0.3 is 5.11 Å². The molecule has 0 heterocycles. The molecule has 0 aromatic heterocycles. The van der Waals surface area contributed by atoms with Crippen molar-refractivity contribution < 1.29 is 5.11 Å². The standard InChI is InChI=1S/C14H19BrOS/c1-10-3-2-4-12(7-10)17-13-6-5-11(9-16)14(15)8-13/h5-6,8,10,12,16H,2-4,7,9H2,1H3. The molecule has 0 aliphatic heterocycles. The van der Waals surface area contributed by atoms with Gasteiger partial charge in [-0.2, -0.15) is 0 Å². The Morgan fingerprint density at radius 1 is 1.41 bits per heavy atom. The number of hydrogen-bond donors (Lipinski definition) is 1. The zero-order chi connectivity index (χ0) is 12.3. The van der Waals surface area contributed by atoms with Gasteiger partial charge in [0.2, 0.25) is 0 Å². The molecule has 1 aliphatic carbocycles. The summed E-state index contributed by atoms with van der Waals surface area (Å²) >= 11 is 5.50. The lowest BCUT2D eigenvalue weighted by Crippen LogP contribution is -2.14. The van der Waals surface area contributed by atoms with Crippen LogP contribution in [-0.2, 0) is 6.61 Å². The third-order valence-corrected chi connectivity index (χ3v) is 5.41. The minimum atomic E-state index is 0.103. The Bertz CT molecular complexity index is 380. The third kappa shape index (κ3) is 3.73. The molecule has 1 aliphatic rings. The van der Waals surface area contributed by atoms with Crippen molar-refractivity contribution in [3.63, 3.8) is 0 Å². The first-order valence-corrected chi connectivity index (χ1v) is 7.92. The molecule has 1 aromatic carbocycles. The van der Waals surface area contributed by atoms with E-state index in [9.17, 15) is 0 Å². The second-order valence-electron chi connectivity index (χ2n) is 4.92. The highest BCUT2D eigenvalue weighted by Gasteiger charge is 2.19. The molecule has 0 bridgehead atoms. The van der Waals surface area contributed by atoms with Gasteiger partial charge in [-0.3, -0.25) is 0 Å². The summed E-state index contributed by atoms with van der Waals surface area (Å²) in [7, 11) is 0. The quantitative estimate of drug-likeness (QED) is 0.879. The Balaban J connectivity index is 2.00. The monoisotopic (exact) mass is 314 g/mol. The Morgan fingerprint density at radius 3 is 2.88 bits per heavy atom. The molecule has 94 valence electrons. The van der Waals surface area contributed by atoms with Crippen molar-refractivity contribution in [2.24, 2.45) is 5.92 Å². The number of rotatable bonds is 3. The van der Waals surface area contributed by atoms with Gasteiger partial charge in [-0.1, -0.05) is 41.8 Å². The SMILES string of the molecule is CC1CCCC(Sc2ccc(CO)c(Br)c2)C1. The van der Waals surface area contributed by atoms with Crippen LogP contribution in [0.4, 0.5) is 0 Å². The summed E-state index contributed by atoms with van der Waals surface area (Å²) in [5.74, 6) is 0.876. The topological polar surface area (TPSA) is 20.2 Å². The molecule has 2 rings (SSSR count). The van der Waals surface area contributed by atoms with Crippen LogP contribution in [0, 0.1) is 5.92 Å². The highest BCUT2D eigenvalue weighted by molar-refractivity contribution is 9.10. The lowest BCUT2D eigenvalue weighted by molar-refractivity contribution is 0.281. The van der Waals surface area contributed by atoms with Gasteiger partial charge in [-0.25, -0.2) is 0 Å². The van der Waals surface area contributed by atoms with E-state index in [0.29, 0.717) is 0 Å². The number of aliphatic hydroxyl groups is 1. The van der Waals surface area contributed by atoms with E-state index < -0.39 is 0 Å². The number of benzene rings is 1. The molecule has 1 fully saturated rings. The summed E-state index contributed by atoms with van der Waals surface area (Å²) in [6.07, 6.45) is 5.44. The average molecular weight is 315 g/mol. The second-order valence-corrected chi connectivity index (χ2v) is 7.15. The van der Waals surface area contributed by atoms with Crippen LogP contribution >= 0.6 is 27.7 Å². The molecule has 0 radical (unpaired) electrons. The van der Waals surface area contributed by atoms with Crippen LogP contribution < -0.4 is 0 Å². The maximum Gasteiger partial charge on any atom is 0.0692 e. The summed E-state index contributed by atoms with van der Waals surface area (Å²) in [4.78, 5) is 1.31. The number of halogens is 1. The van der Waals surface area contributed by atoms with Crippen LogP contribution in [0.5, 0.6) is 0 Å². The van der Waals surface area contributed by atoms with Crippen molar-refractivity contribution in [2.75, 3.05) is 0 Å². The summed E-state index contributed by atoms with van der Waals surface area (Å²) in [5, 5.41) is 9.90. The lowest BCUT2D eigenvalue weighted by atomic mass is 9.91. The van der Waals surface area contributed by atoms with Crippen LogP contribution in [0.25, 0.3) is 0 Å². The first-order valence-electron chi connectivity index (χ1n) is 6.25. The van der Waals surface area contributed by atoms with E-state index in [0.717, 1.165) is 21.2 Å².